The highest BCUT2D eigenvalue weighted by Crippen LogP contribution is 2.62. The standard InChI is InChI=1S/C13H25N2O2PS3/c1-7-10(4)21-18(19,16-9-3)17-15-12-14-11(5)13(6,8-2)20-12/h10H,5,7-9H2,1-4,6H3,(H,14,15). The molecule has 0 aromatic carbocycles. The van der Waals surface area contributed by atoms with Crippen molar-refractivity contribution in [2.45, 2.75) is 57.5 Å². The third-order valence-corrected chi connectivity index (χ3v) is 10.2. The molecule has 1 aliphatic rings. The number of aliphatic imine (C=N–C) groups is 1. The Morgan fingerprint density at radius 3 is 2.67 bits per heavy atom. The minimum atomic E-state index is -2.40. The van der Waals surface area contributed by atoms with Crippen molar-refractivity contribution in [2.24, 2.45) is 4.99 Å². The first kappa shape index (κ1) is 19.5. The van der Waals surface area contributed by atoms with E-state index in [1.165, 1.54) is 0 Å². The fourth-order valence-electron chi connectivity index (χ4n) is 1.48. The van der Waals surface area contributed by atoms with Gasteiger partial charge in [0.05, 0.1) is 17.1 Å². The monoisotopic (exact) mass is 368 g/mol. The molecule has 1 aliphatic heterocycles. The average Bonchev–Trinajstić information content (AvgIpc) is 2.73. The van der Waals surface area contributed by atoms with Crippen LogP contribution in [0.4, 0.5) is 0 Å². The van der Waals surface area contributed by atoms with E-state index in [4.69, 9.17) is 21.0 Å². The third kappa shape index (κ3) is 5.56. The number of amidine groups is 1. The Hall–Kier alpha value is 0.480. The van der Waals surface area contributed by atoms with E-state index in [1.807, 2.05) is 6.92 Å². The molecular weight excluding hydrogens is 343 g/mol. The summed E-state index contributed by atoms with van der Waals surface area (Å²) in [4.78, 5) is 4.43. The highest BCUT2D eigenvalue weighted by molar-refractivity contribution is 8.68. The molecule has 1 rings (SSSR count). The van der Waals surface area contributed by atoms with E-state index >= 15 is 0 Å². The second-order valence-corrected chi connectivity index (χ2v) is 13.0. The fraction of sp³-hybridized carbons (Fsp3) is 0.769. The summed E-state index contributed by atoms with van der Waals surface area (Å²) in [5.41, 5.74) is 1.37. The summed E-state index contributed by atoms with van der Waals surface area (Å²) in [5.74, 6) is 0. The molecule has 0 fully saturated rings. The number of thioether (sulfide) groups is 1. The summed E-state index contributed by atoms with van der Waals surface area (Å²) in [6.45, 7) is 15.0. The lowest BCUT2D eigenvalue weighted by Gasteiger charge is -2.24. The number of hydrogen-bond acceptors (Lipinski definition) is 7. The molecule has 0 aromatic rings. The van der Waals surface area contributed by atoms with Gasteiger partial charge in [0.25, 0.3) is 5.69 Å². The van der Waals surface area contributed by atoms with Crippen LogP contribution in [-0.2, 0) is 21.0 Å². The van der Waals surface area contributed by atoms with E-state index in [0.717, 1.165) is 18.5 Å². The van der Waals surface area contributed by atoms with Gasteiger partial charge in [-0.2, -0.15) is 0 Å². The van der Waals surface area contributed by atoms with Crippen LogP contribution in [0.15, 0.2) is 17.3 Å². The lowest BCUT2D eigenvalue weighted by Crippen LogP contribution is -2.22. The molecule has 3 atom stereocenters. The first-order valence-electron chi connectivity index (χ1n) is 7.13. The van der Waals surface area contributed by atoms with Crippen molar-refractivity contribution in [3.05, 3.63) is 12.3 Å². The van der Waals surface area contributed by atoms with E-state index in [0.29, 0.717) is 17.0 Å². The van der Waals surface area contributed by atoms with E-state index in [2.05, 4.69) is 44.7 Å². The van der Waals surface area contributed by atoms with Crippen molar-refractivity contribution in [3.8, 4) is 0 Å². The van der Waals surface area contributed by atoms with Gasteiger partial charge in [0.15, 0.2) is 5.17 Å². The first-order chi connectivity index (χ1) is 9.78. The molecule has 0 bridgehead atoms. The van der Waals surface area contributed by atoms with Crippen LogP contribution >= 0.6 is 28.8 Å². The lowest BCUT2D eigenvalue weighted by atomic mass is 10.1. The van der Waals surface area contributed by atoms with Gasteiger partial charge >= 0.3 is 0 Å². The first-order valence-corrected chi connectivity index (χ1v) is 12.1. The topological polar surface area (TPSA) is 42.9 Å². The van der Waals surface area contributed by atoms with Gasteiger partial charge < -0.3 is 4.52 Å². The van der Waals surface area contributed by atoms with Crippen LogP contribution in [0, 0.1) is 0 Å². The zero-order chi connectivity index (χ0) is 16.1. The molecule has 1 N–H and O–H groups in total. The molecule has 0 saturated heterocycles. The fourth-order valence-corrected chi connectivity index (χ4v) is 8.04. The maximum Gasteiger partial charge on any atom is 0.270 e. The summed E-state index contributed by atoms with van der Waals surface area (Å²) in [6, 6.07) is 0. The predicted molar refractivity (Wildman–Crippen MR) is 100 cm³/mol. The normalized spacial score (nSPS) is 26.3. The Morgan fingerprint density at radius 1 is 1.52 bits per heavy atom. The second-order valence-electron chi connectivity index (χ2n) is 4.93. The third-order valence-electron chi connectivity index (χ3n) is 3.26. The maximum absolute atomic E-state index is 5.74. The molecule has 21 heavy (non-hydrogen) atoms. The van der Waals surface area contributed by atoms with Crippen LogP contribution in [-0.4, -0.2) is 21.8 Å². The van der Waals surface area contributed by atoms with Crippen molar-refractivity contribution in [1.82, 2.24) is 5.48 Å². The van der Waals surface area contributed by atoms with Crippen molar-refractivity contribution >= 4 is 45.8 Å². The minimum Gasteiger partial charge on any atom is -0.321 e. The maximum atomic E-state index is 5.74. The number of hydroxylamine groups is 1. The summed E-state index contributed by atoms with van der Waals surface area (Å²) >= 11 is 8.79. The predicted octanol–water partition coefficient (Wildman–Crippen LogP) is 5.09. The van der Waals surface area contributed by atoms with E-state index in [9.17, 15) is 0 Å². The van der Waals surface area contributed by atoms with Crippen LogP contribution in [0.3, 0.4) is 0 Å². The largest absolute Gasteiger partial charge is 0.321 e. The van der Waals surface area contributed by atoms with Crippen LogP contribution in [0.1, 0.15) is 47.5 Å². The molecule has 0 aliphatic carbocycles. The highest BCUT2D eigenvalue weighted by atomic mass is 32.9. The van der Waals surface area contributed by atoms with Gasteiger partial charge in [-0.1, -0.05) is 50.5 Å². The summed E-state index contributed by atoms with van der Waals surface area (Å²) in [5, 5.41) is 1.11. The summed E-state index contributed by atoms with van der Waals surface area (Å²) in [7, 11) is 0. The van der Waals surface area contributed by atoms with Crippen molar-refractivity contribution < 1.29 is 9.15 Å². The van der Waals surface area contributed by atoms with Crippen LogP contribution in [0.5, 0.6) is 0 Å². The lowest BCUT2D eigenvalue weighted by molar-refractivity contribution is 0.235. The molecule has 0 radical (unpaired) electrons. The zero-order valence-corrected chi connectivity index (χ0v) is 16.7. The summed E-state index contributed by atoms with van der Waals surface area (Å²) in [6.07, 6.45) is 1.99. The zero-order valence-electron chi connectivity index (χ0n) is 13.3. The Bertz CT molecular complexity index is 459. The second kappa shape index (κ2) is 8.37. The van der Waals surface area contributed by atoms with Gasteiger partial charge in [-0.15, -0.1) is 0 Å². The van der Waals surface area contributed by atoms with E-state index in [-0.39, 0.29) is 4.75 Å². The molecule has 0 spiro atoms. The van der Waals surface area contributed by atoms with Crippen molar-refractivity contribution in [3.63, 3.8) is 0 Å². The molecule has 0 saturated carbocycles. The SMILES string of the molecule is C=C1N=C(NOP(=S)(OCC)SC(C)CC)SC1(C)CC. The Balaban J connectivity index is 2.65. The highest BCUT2D eigenvalue weighted by Gasteiger charge is 2.35. The Kier molecular flexibility index (Phi) is 7.78. The number of nitrogens with zero attached hydrogens (tertiary/aromatic N) is 1. The van der Waals surface area contributed by atoms with Gasteiger partial charge in [-0.25, -0.2) is 15.1 Å². The molecule has 1 heterocycles. The number of hydrogen-bond donors (Lipinski definition) is 1. The van der Waals surface area contributed by atoms with Gasteiger partial charge in [-0.3, -0.25) is 0 Å². The number of nitrogens with one attached hydrogen (secondary N) is 1. The van der Waals surface area contributed by atoms with Gasteiger partial charge in [0, 0.05) is 5.25 Å². The minimum absolute atomic E-state index is 0.0658. The Morgan fingerprint density at radius 2 is 2.19 bits per heavy atom. The van der Waals surface area contributed by atoms with Gasteiger partial charge in [0.1, 0.15) is 0 Å². The molecule has 122 valence electrons. The molecule has 0 amide bonds. The molecule has 8 heteroatoms. The smallest absolute Gasteiger partial charge is 0.270 e. The van der Waals surface area contributed by atoms with E-state index in [1.54, 1.807) is 23.1 Å². The van der Waals surface area contributed by atoms with Gasteiger partial charge in [-0.05, 0) is 38.5 Å². The quantitative estimate of drug-likeness (QED) is 0.476. The molecular formula is C13H25N2O2PS3. The molecule has 3 unspecified atom stereocenters. The van der Waals surface area contributed by atoms with Crippen molar-refractivity contribution in [2.75, 3.05) is 6.61 Å². The Labute approximate surface area is 141 Å². The van der Waals surface area contributed by atoms with Crippen LogP contribution in [0.2, 0.25) is 0 Å². The van der Waals surface area contributed by atoms with Crippen LogP contribution < -0.4 is 5.48 Å². The summed E-state index contributed by atoms with van der Waals surface area (Å²) < 4.78 is 11.4. The molecule has 0 aromatic heterocycles. The van der Waals surface area contributed by atoms with Crippen LogP contribution in [0.25, 0.3) is 0 Å². The van der Waals surface area contributed by atoms with E-state index < -0.39 is 5.69 Å². The van der Waals surface area contributed by atoms with Gasteiger partial charge in [0.2, 0.25) is 0 Å². The molecule has 4 nitrogen and oxygen atoms in total. The number of rotatable bonds is 8. The van der Waals surface area contributed by atoms with Crippen molar-refractivity contribution in [1.29, 1.82) is 0 Å². The average molecular weight is 369 g/mol.